The molecule has 6 nitrogen and oxygen atoms in total. The van der Waals surface area contributed by atoms with E-state index in [1.807, 2.05) is 30.3 Å². The Bertz CT molecular complexity index is 908. The summed E-state index contributed by atoms with van der Waals surface area (Å²) in [4.78, 5) is 0. The van der Waals surface area contributed by atoms with Gasteiger partial charge in [0.25, 0.3) is 0 Å². The van der Waals surface area contributed by atoms with Gasteiger partial charge >= 0.3 is 0 Å². The van der Waals surface area contributed by atoms with Crippen LogP contribution in [0.5, 0.6) is 23.0 Å². The molecule has 1 spiro atoms. The summed E-state index contributed by atoms with van der Waals surface area (Å²) in [6.07, 6.45) is 0.656. The minimum atomic E-state index is -0.915. The van der Waals surface area contributed by atoms with Crippen LogP contribution in [0.3, 0.4) is 0 Å². The SMILES string of the molecule is COc1ccc([C@H]2CC(Cl)c3cc4c(cc3C23OCCO3)OCO4)cc1OC. The Labute approximate surface area is 168 Å². The average Bonchev–Trinajstić information content (AvgIpc) is 3.39. The maximum absolute atomic E-state index is 6.82. The van der Waals surface area contributed by atoms with Gasteiger partial charge in [0.1, 0.15) is 0 Å². The molecule has 1 unspecified atom stereocenters. The number of alkyl halides is 1. The van der Waals surface area contributed by atoms with Crippen LogP contribution in [0.4, 0.5) is 0 Å². The van der Waals surface area contributed by atoms with Gasteiger partial charge in [0, 0.05) is 11.5 Å². The Morgan fingerprint density at radius 3 is 2.39 bits per heavy atom. The molecule has 148 valence electrons. The highest BCUT2D eigenvalue weighted by Gasteiger charge is 2.53. The fourth-order valence-electron chi connectivity index (χ4n) is 4.41. The fourth-order valence-corrected chi connectivity index (χ4v) is 4.76. The molecule has 2 atom stereocenters. The third-order valence-electron chi connectivity index (χ3n) is 5.69. The van der Waals surface area contributed by atoms with E-state index in [-0.39, 0.29) is 18.1 Å². The van der Waals surface area contributed by atoms with E-state index >= 15 is 0 Å². The molecule has 0 aromatic heterocycles. The molecule has 1 fully saturated rings. The van der Waals surface area contributed by atoms with Gasteiger partial charge in [-0.2, -0.15) is 0 Å². The molecule has 1 saturated heterocycles. The van der Waals surface area contributed by atoms with Crippen molar-refractivity contribution in [1.29, 1.82) is 0 Å². The standard InChI is InChI=1S/C21H21ClO6/c1-23-17-4-3-12(7-18(17)24-2)14-9-16(22)13-8-19-20(26-11-25-19)10-15(13)21(14)27-5-6-28-21/h3-4,7-8,10,14,16H,5-6,9,11H2,1-2H3/t14-,16?/m1/s1. The third kappa shape index (κ3) is 2.55. The number of hydrogen-bond acceptors (Lipinski definition) is 6. The largest absolute Gasteiger partial charge is 0.493 e. The topological polar surface area (TPSA) is 55.4 Å². The smallest absolute Gasteiger partial charge is 0.231 e. The summed E-state index contributed by atoms with van der Waals surface area (Å²) in [6, 6.07) is 9.78. The van der Waals surface area contributed by atoms with E-state index in [4.69, 9.17) is 40.0 Å². The summed E-state index contributed by atoms with van der Waals surface area (Å²) in [5, 5.41) is -0.207. The van der Waals surface area contributed by atoms with Crippen molar-refractivity contribution < 1.29 is 28.4 Å². The van der Waals surface area contributed by atoms with Gasteiger partial charge in [-0.05, 0) is 41.8 Å². The lowest BCUT2D eigenvalue weighted by atomic mass is 9.74. The molecule has 2 aliphatic heterocycles. The molecule has 7 heteroatoms. The highest BCUT2D eigenvalue weighted by molar-refractivity contribution is 6.21. The molecule has 2 heterocycles. The van der Waals surface area contributed by atoms with Crippen molar-refractivity contribution in [3.8, 4) is 23.0 Å². The molecule has 0 amide bonds. The zero-order valence-corrected chi connectivity index (χ0v) is 16.5. The maximum Gasteiger partial charge on any atom is 0.231 e. The Morgan fingerprint density at radius 2 is 1.68 bits per heavy atom. The van der Waals surface area contributed by atoms with E-state index in [9.17, 15) is 0 Å². The molecule has 0 radical (unpaired) electrons. The normalized spacial score (nSPS) is 24.2. The number of rotatable bonds is 3. The van der Waals surface area contributed by atoms with Gasteiger partial charge in [-0.25, -0.2) is 0 Å². The second-order valence-electron chi connectivity index (χ2n) is 7.03. The van der Waals surface area contributed by atoms with Gasteiger partial charge in [-0.1, -0.05) is 6.07 Å². The molecule has 2 aromatic carbocycles. The summed E-state index contributed by atoms with van der Waals surface area (Å²) < 4.78 is 34.5. The summed E-state index contributed by atoms with van der Waals surface area (Å²) in [7, 11) is 3.25. The van der Waals surface area contributed by atoms with Gasteiger partial charge in [0.15, 0.2) is 23.0 Å². The van der Waals surface area contributed by atoms with Crippen LogP contribution >= 0.6 is 11.6 Å². The minimum absolute atomic E-state index is 0.106. The predicted octanol–water partition coefficient (Wildman–Crippen LogP) is 4.10. The van der Waals surface area contributed by atoms with Gasteiger partial charge in [-0.3, -0.25) is 0 Å². The van der Waals surface area contributed by atoms with E-state index in [1.165, 1.54) is 0 Å². The first-order valence-electron chi connectivity index (χ1n) is 9.24. The Hall–Kier alpha value is -2.15. The third-order valence-corrected chi connectivity index (χ3v) is 6.10. The van der Waals surface area contributed by atoms with Crippen molar-refractivity contribution in [2.45, 2.75) is 23.5 Å². The number of methoxy groups -OCH3 is 2. The molecular formula is C21H21ClO6. The first kappa shape index (κ1) is 17.9. The molecular weight excluding hydrogens is 384 g/mol. The first-order valence-corrected chi connectivity index (χ1v) is 9.68. The lowest BCUT2D eigenvalue weighted by molar-refractivity contribution is -0.190. The second kappa shape index (κ2) is 6.72. The molecule has 0 bridgehead atoms. The lowest BCUT2D eigenvalue weighted by Crippen LogP contribution is -2.39. The lowest BCUT2D eigenvalue weighted by Gasteiger charge is -2.43. The molecule has 0 saturated carbocycles. The quantitative estimate of drug-likeness (QED) is 0.718. The molecule has 3 aliphatic rings. The van der Waals surface area contributed by atoms with Crippen molar-refractivity contribution >= 4 is 11.6 Å². The highest BCUT2D eigenvalue weighted by Crippen LogP contribution is 2.57. The van der Waals surface area contributed by atoms with E-state index < -0.39 is 5.79 Å². The first-order chi connectivity index (χ1) is 13.7. The molecule has 0 N–H and O–H groups in total. The number of fused-ring (bicyclic) bond motifs is 3. The number of benzene rings is 2. The van der Waals surface area contributed by atoms with E-state index in [1.54, 1.807) is 14.2 Å². The second-order valence-corrected chi connectivity index (χ2v) is 7.55. The van der Waals surface area contributed by atoms with Crippen molar-refractivity contribution in [2.75, 3.05) is 34.2 Å². The minimum Gasteiger partial charge on any atom is -0.493 e. The van der Waals surface area contributed by atoms with Crippen LogP contribution < -0.4 is 18.9 Å². The van der Waals surface area contributed by atoms with Crippen molar-refractivity contribution in [1.82, 2.24) is 0 Å². The van der Waals surface area contributed by atoms with E-state index in [0.717, 1.165) is 16.7 Å². The fraction of sp³-hybridized carbons (Fsp3) is 0.429. The summed E-state index contributed by atoms with van der Waals surface area (Å²) in [5.74, 6) is 1.72. The Balaban J connectivity index is 1.66. The van der Waals surface area contributed by atoms with Crippen molar-refractivity contribution in [3.63, 3.8) is 0 Å². The van der Waals surface area contributed by atoms with Gasteiger partial charge < -0.3 is 28.4 Å². The number of halogens is 1. The van der Waals surface area contributed by atoms with Crippen molar-refractivity contribution in [2.24, 2.45) is 0 Å². The van der Waals surface area contributed by atoms with Crippen LogP contribution in [0.2, 0.25) is 0 Å². The van der Waals surface area contributed by atoms with Crippen LogP contribution in [0.15, 0.2) is 30.3 Å². The van der Waals surface area contributed by atoms with Crippen LogP contribution in [-0.4, -0.2) is 34.2 Å². The summed E-state index contributed by atoms with van der Waals surface area (Å²) in [6.45, 7) is 1.24. The predicted molar refractivity (Wildman–Crippen MR) is 102 cm³/mol. The van der Waals surface area contributed by atoms with Crippen LogP contribution in [-0.2, 0) is 15.3 Å². The zero-order valence-electron chi connectivity index (χ0n) is 15.7. The van der Waals surface area contributed by atoms with Gasteiger partial charge in [0.2, 0.25) is 12.6 Å². The molecule has 5 rings (SSSR count). The summed E-state index contributed by atoms with van der Waals surface area (Å²) in [5.41, 5.74) is 2.89. The Morgan fingerprint density at radius 1 is 0.964 bits per heavy atom. The van der Waals surface area contributed by atoms with Crippen LogP contribution in [0.1, 0.15) is 34.4 Å². The highest BCUT2D eigenvalue weighted by atomic mass is 35.5. The van der Waals surface area contributed by atoms with E-state index in [0.29, 0.717) is 42.6 Å². The molecule has 2 aromatic rings. The monoisotopic (exact) mass is 404 g/mol. The molecule has 1 aliphatic carbocycles. The summed E-state index contributed by atoms with van der Waals surface area (Å²) >= 11 is 6.82. The Kier molecular flexibility index (Phi) is 4.30. The van der Waals surface area contributed by atoms with E-state index in [2.05, 4.69) is 0 Å². The number of ether oxygens (including phenoxy) is 6. The zero-order chi connectivity index (χ0) is 19.3. The number of hydrogen-bond donors (Lipinski definition) is 0. The van der Waals surface area contributed by atoms with Gasteiger partial charge in [-0.15, -0.1) is 11.6 Å². The maximum atomic E-state index is 6.82. The van der Waals surface area contributed by atoms with Crippen LogP contribution in [0.25, 0.3) is 0 Å². The molecule has 28 heavy (non-hydrogen) atoms. The van der Waals surface area contributed by atoms with Crippen LogP contribution in [0, 0.1) is 0 Å². The average molecular weight is 405 g/mol. The van der Waals surface area contributed by atoms with Crippen molar-refractivity contribution in [3.05, 3.63) is 47.0 Å². The van der Waals surface area contributed by atoms with Gasteiger partial charge in [0.05, 0.1) is 32.8 Å².